The lowest BCUT2D eigenvalue weighted by Crippen LogP contribution is -2.54. The third-order valence-corrected chi connectivity index (χ3v) is 7.81. The zero-order chi connectivity index (χ0) is 28.6. The second-order valence-corrected chi connectivity index (χ2v) is 11.6. The van der Waals surface area contributed by atoms with Crippen LogP contribution < -0.4 is 9.62 Å². The predicted molar refractivity (Wildman–Crippen MR) is 152 cm³/mol. The number of nitrogens with one attached hydrogen (secondary N) is 1. The van der Waals surface area contributed by atoms with E-state index in [0.717, 1.165) is 39.4 Å². The number of aryl methyl sites for hydroxylation is 1. The molecule has 0 aliphatic heterocycles. The topological polar surface area (TPSA) is 86.8 Å². The van der Waals surface area contributed by atoms with E-state index >= 15 is 0 Å². The van der Waals surface area contributed by atoms with Crippen molar-refractivity contribution in [3.63, 3.8) is 0 Å². The van der Waals surface area contributed by atoms with E-state index in [1.54, 1.807) is 0 Å². The van der Waals surface area contributed by atoms with E-state index in [1.807, 2.05) is 75.4 Å². The van der Waals surface area contributed by atoms with Gasteiger partial charge in [-0.05, 0) is 61.2 Å². The molecule has 0 spiro atoms. The number of nitrogens with zero attached hydrogens (tertiary/aromatic N) is 2. The molecule has 0 saturated heterocycles. The third kappa shape index (κ3) is 8.38. The molecule has 7 nitrogen and oxygen atoms in total. The minimum atomic E-state index is -3.91. The molecule has 0 aliphatic rings. The van der Waals surface area contributed by atoms with E-state index in [9.17, 15) is 22.4 Å². The first-order valence-electron chi connectivity index (χ1n) is 12.9. The molecule has 0 fully saturated rings. The van der Waals surface area contributed by atoms with Crippen LogP contribution in [0.2, 0.25) is 0 Å². The third-order valence-electron chi connectivity index (χ3n) is 6.67. The van der Waals surface area contributed by atoms with Crippen molar-refractivity contribution in [1.29, 1.82) is 0 Å². The monoisotopic (exact) mass is 553 g/mol. The summed E-state index contributed by atoms with van der Waals surface area (Å²) < 4.78 is 40.0. The van der Waals surface area contributed by atoms with Crippen LogP contribution >= 0.6 is 0 Å². The normalized spacial score (nSPS) is 12.8. The molecule has 0 bridgehead atoms. The number of hydrogen-bond acceptors (Lipinski definition) is 4. The average Bonchev–Trinajstić information content (AvgIpc) is 2.90. The maximum Gasteiger partial charge on any atom is 0.244 e. The molecule has 0 heterocycles. The van der Waals surface area contributed by atoms with Crippen molar-refractivity contribution in [3.8, 4) is 0 Å². The molecule has 39 heavy (non-hydrogen) atoms. The quantitative estimate of drug-likeness (QED) is 0.359. The van der Waals surface area contributed by atoms with E-state index in [2.05, 4.69) is 5.32 Å². The van der Waals surface area contributed by atoms with Crippen molar-refractivity contribution in [2.45, 2.75) is 52.2 Å². The van der Waals surface area contributed by atoms with Gasteiger partial charge in [-0.2, -0.15) is 0 Å². The van der Waals surface area contributed by atoms with Crippen LogP contribution in [0.1, 0.15) is 37.0 Å². The summed E-state index contributed by atoms with van der Waals surface area (Å²) in [5, 5.41) is 3.00. The SMILES string of the molecule is CC[C@H](C)NC(=O)[C@H](Cc1ccccc1)N(Cc1ccccc1C)C(=O)CN(c1ccc(F)cc1)S(C)(=O)=O. The van der Waals surface area contributed by atoms with Crippen molar-refractivity contribution in [2.24, 2.45) is 0 Å². The van der Waals surface area contributed by atoms with Gasteiger partial charge in [0.1, 0.15) is 18.4 Å². The highest BCUT2D eigenvalue weighted by molar-refractivity contribution is 7.92. The molecule has 3 aromatic rings. The van der Waals surface area contributed by atoms with E-state index in [-0.39, 0.29) is 30.6 Å². The minimum absolute atomic E-state index is 0.109. The van der Waals surface area contributed by atoms with Crippen LogP contribution in [0.25, 0.3) is 0 Å². The summed E-state index contributed by atoms with van der Waals surface area (Å²) in [7, 11) is -3.91. The van der Waals surface area contributed by atoms with Crippen LogP contribution in [-0.4, -0.2) is 50.0 Å². The molecule has 0 saturated carbocycles. The fraction of sp³-hybridized carbons (Fsp3) is 0.333. The number of halogens is 1. The number of sulfonamides is 1. The molecule has 1 N–H and O–H groups in total. The van der Waals surface area contributed by atoms with Crippen molar-refractivity contribution in [2.75, 3.05) is 17.1 Å². The Kier molecular flexibility index (Phi) is 10.2. The first-order valence-corrected chi connectivity index (χ1v) is 14.8. The number of carbonyl (C=O) groups is 2. The summed E-state index contributed by atoms with van der Waals surface area (Å²) in [5.74, 6) is -1.39. The van der Waals surface area contributed by atoms with Gasteiger partial charge in [0.2, 0.25) is 21.8 Å². The molecule has 0 unspecified atom stereocenters. The Morgan fingerprint density at radius 2 is 1.56 bits per heavy atom. The lowest BCUT2D eigenvalue weighted by Gasteiger charge is -2.34. The summed E-state index contributed by atoms with van der Waals surface area (Å²) in [6, 6.07) is 20.8. The van der Waals surface area contributed by atoms with Crippen LogP contribution in [0.3, 0.4) is 0 Å². The van der Waals surface area contributed by atoms with Gasteiger partial charge in [0.15, 0.2) is 0 Å². The van der Waals surface area contributed by atoms with Gasteiger partial charge in [-0.15, -0.1) is 0 Å². The molecule has 2 atom stereocenters. The maximum absolute atomic E-state index is 14.0. The van der Waals surface area contributed by atoms with Gasteiger partial charge in [0.05, 0.1) is 11.9 Å². The highest BCUT2D eigenvalue weighted by Crippen LogP contribution is 2.21. The Labute approximate surface area is 230 Å². The Balaban J connectivity index is 2.06. The number of amides is 2. The molecule has 0 aliphatic carbocycles. The summed E-state index contributed by atoms with van der Waals surface area (Å²) in [6.45, 7) is 5.34. The van der Waals surface area contributed by atoms with Gasteiger partial charge >= 0.3 is 0 Å². The average molecular weight is 554 g/mol. The lowest BCUT2D eigenvalue weighted by atomic mass is 10.0. The molecule has 9 heteroatoms. The van der Waals surface area contributed by atoms with E-state index in [4.69, 9.17) is 0 Å². The van der Waals surface area contributed by atoms with Gasteiger partial charge in [0.25, 0.3) is 0 Å². The smallest absolute Gasteiger partial charge is 0.244 e. The molecule has 0 radical (unpaired) electrons. The summed E-state index contributed by atoms with van der Waals surface area (Å²) in [5.41, 5.74) is 2.80. The molecule has 3 rings (SSSR count). The van der Waals surface area contributed by atoms with Crippen LogP contribution in [0, 0.1) is 12.7 Å². The molecular formula is C30H36FN3O4S. The molecular weight excluding hydrogens is 517 g/mol. The second-order valence-electron chi connectivity index (χ2n) is 9.72. The molecule has 208 valence electrons. The van der Waals surface area contributed by atoms with Crippen LogP contribution in [-0.2, 0) is 32.6 Å². The van der Waals surface area contributed by atoms with E-state index < -0.39 is 34.3 Å². The van der Waals surface area contributed by atoms with E-state index in [0.29, 0.717) is 6.42 Å². The standard InChI is InChI=1S/C30H36FN3O4S/c1-5-23(3)32-30(36)28(19-24-12-7-6-8-13-24)33(20-25-14-10-9-11-22(25)2)29(35)21-34(39(4,37)38)27-17-15-26(31)16-18-27/h6-18,23,28H,5,19-21H2,1-4H3,(H,32,36)/t23-,28-/m0/s1. The summed E-state index contributed by atoms with van der Waals surface area (Å²) in [6.07, 6.45) is 1.95. The van der Waals surface area contributed by atoms with Crippen LogP contribution in [0.5, 0.6) is 0 Å². The Hall–Kier alpha value is -3.72. The van der Waals surface area contributed by atoms with Crippen molar-refractivity contribution in [1.82, 2.24) is 10.2 Å². The highest BCUT2D eigenvalue weighted by atomic mass is 32.2. The largest absolute Gasteiger partial charge is 0.352 e. The molecule has 2 amide bonds. The fourth-order valence-electron chi connectivity index (χ4n) is 4.19. The lowest BCUT2D eigenvalue weighted by molar-refractivity contribution is -0.140. The van der Waals surface area contributed by atoms with Gasteiger partial charge in [-0.25, -0.2) is 12.8 Å². The zero-order valence-electron chi connectivity index (χ0n) is 22.8. The fourth-order valence-corrected chi connectivity index (χ4v) is 5.04. The van der Waals surface area contributed by atoms with Gasteiger partial charge in [-0.3, -0.25) is 13.9 Å². The van der Waals surface area contributed by atoms with Gasteiger partial charge in [-0.1, -0.05) is 61.5 Å². The predicted octanol–water partition coefficient (Wildman–Crippen LogP) is 4.45. The first-order chi connectivity index (χ1) is 18.5. The van der Waals surface area contributed by atoms with Crippen molar-refractivity contribution < 1.29 is 22.4 Å². The van der Waals surface area contributed by atoms with Gasteiger partial charge in [0, 0.05) is 19.0 Å². The summed E-state index contributed by atoms with van der Waals surface area (Å²) in [4.78, 5) is 29.1. The maximum atomic E-state index is 14.0. The minimum Gasteiger partial charge on any atom is -0.352 e. The van der Waals surface area contributed by atoms with E-state index in [1.165, 1.54) is 17.0 Å². The number of carbonyl (C=O) groups excluding carboxylic acids is 2. The number of hydrogen-bond donors (Lipinski definition) is 1. The second kappa shape index (κ2) is 13.4. The Bertz CT molecular complexity index is 1360. The highest BCUT2D eigenvalue weighted by Gasteiger charge is 2.33. The number of rotatable bonds is 12. The molecule has 0 aromatic heterocycles. The number of anilines is 1. The van der Waals surface area contributed by atoms with Crippen molar-refractivity contribution in [3.05, 3.63) is 101 Å². The van der Waals surface area contributed by atoms with Crippen LogP contribution in [0.15, 0.2) is 78.9 Å². The Morgan fingerprint density at radius 3 is 2.15 bits per heavy atom. The Morgan fingerprint density at radius 1 is 0.949 bits per heavy atom. The van der Waals surface area contributed by atoms with Crippen molar-refractivity contribution >= 4 is 27.5 Å². The molecule has 3 aromatic carbocycles. The zero-order valence-corrected chi connectivity index (χ0v) is 23.6. The summed E-state index contributed by atoms with van der Waals surface area (Å²) >= 11 is 0. The van der Waals surface area contributed by atoms with Gasteiger partial charge < -0.3 is 10.2 Å². The van der Waals surface area contributed by atoms with Crippen LogP contribution in [0.4, 0.5) is 10.1 Å². The first kappa shape index (κ1) is 29.8. The number of benzene rings is 3.